The molecule has 2 heterocycles. The molecular formula is C36H47F5N4O6. The molecule has 2 aromatic carbocycles. The van der Waals surface area contributed by atoms with Gasteiger partial charge in [-0.2, -0.15) is 0 Å². The molecule has 1 aliphatic rings. The number of likely N-dealkylation sites (tertiary alicyclic amines) is 1. The van der Waals surface area contributed by atoms with Gasteiger partial charge in [0.05, 0.1) is 23.1 Å². The predicted octanol–water partition coefficient (Wildman–Crippen LogP) is 7.29. The first kappa shape index (κ1) is 41.0. The van der Waals surface area contributed by atoms with Crippen LogP contribution in [0.1, 0.15) is 82.3 Å². The number of ether oxygens (including phenoxy) is 3. The number of halogens is 5. The molecule has 0 aliphatic carbocycles. The lowest BCUT2D eigenvalue weighted by molar-refractivity contribution is -0.274. The number of aromatic nitrogens is 1. The fraction of sp³-hybridized carbons (Fsp3) is 0.528. The minimum atomic E-state index is -5.08. The van der Waals surface area contributed by atoms with E-state index in [1.165, 1.54) is 28.8 Å². The Kier molecular flexibility index (Phi) is 13.5. The molecule has 15 heteroatoms. The van der Waals surface area contributed by atoms with Crippen molar-refractivity contribution in [2.45, 2.75) is 91.9 Å². The summed E-state index contributed by atoms with van der Waals surface area (Å²) in [4.78, 5) is 40.5. The van der Waals surface area contributed by atoms with E-state index in [1.54, 1.807) is 46.8 Å². The Balaban J connectivity index is 0.00000702. The van der Waals surface area contributed by atoms with E-state index in [9.17, 15) is 31.9 Å². The van der Waals surface area contributed by atoms with Crippen molar-refractivity contribution in [1.82, 2.24) is 20.1 Å². The fourth-order valence-electron chi connectivity index (χ4n) is 5.96. The van der Waals surface area contributed by atoms with Crippen molar-refractivity contribution in [3.05, 3.63) is 64.9 Å². The van der Waals surface area contributed by atoms with Crippen molar-refractivity contribution < 1.29 is 50.5 Å². The summed E-state index contributed by atoms with van der Waals surface area (Å²) < 4.78 is 85.7. The molecule has 51 heavy (non-hydrogen) atoms. The average molecular weight is 727 g/mol. The van der Waals surface area contributed by atoms with Crippen molar-refractivity contribution in [2.24, 2.45) is 5.92 Å². The van der Waals surface area contributed by atoms with E-state index >= 15 is 4.39 Å². The SMILES string of the molecule is C.COCCn1cc(C(=O)N2CCC(c3cc(CNC(=O)[C@@H](NC(=O)OC(C)(C)C)C(C)C)ccc3F)CC2)c2c(OC(F)(F)F)ccc(F)c21. The molecule has 0 saturated carbocycles. The largest absolute Gasteiger partial charge is 0.573 e. The highest BCUT2D eigenvalue weighted by atomic mass is 19.4. The van der Waals surface area contributed by atoms with Gasteiger partial charge in [0, 0.05) is 39.5 Å². The molecule has 0 bridgehead atoms. The molecule has 4 rings (SSSR count). The molecule has 1 atom stereocenters. The van der Waals surface area contributed by atoms with E-state index in [0.717, 1.165) is 12.1 Å². The van der Waals surface area contributed by atoms with Crippen LogP contribution >= 0.6 is 0 Å². The van der Waals surface area contributed by atoms with Gasteiger partial charge in [-0.3, -0.25) is 9.59 Å². The average Bonchev–Trinajstić information content (AvgIpc) is 3.42. The third-order valence-electron chi connectivity index (χ3n) is 8.29. The lowest BCUT2D eigenvalue weighted by atomic mass is 9.88. The topological polar surface area (TPSA) is 111 Å². The standard InChI is InChI=1S/C35H43F5N4O6.CH4/c1-20(2)29(42-33(47)50-34(3,4)5)31(45)41-18-21-7-8-25(36)23(17-21)22-11-13-43(14-12-22)32(46)24-19-44(15-16-48-6)30-26(37)9-10-27(28(24)30)49-35(38,39)40;/h7-10,17,19-20,22,29H,11-16,18H2,1-6H3,(H,41,45)(H,42,47);1H4/t29-;/m0./s1. The van der Waals surface area contributed by atoms with Crippen LogP contribution in [-0.4, -0.2) is 72.2 Å². The number of methoxy groups -OCH3 is 1. The number of alkyl halides is 3. The number of carbonyl (C=O) groups is 3. The van der Waals surface area contributed by atoms with Crippen LogP contribution in [0.4, 0.5) is 26.7 Å². The van der Waals surface area contributed by atoms with Crippen LogP contribution in [-0.2, 0) is 27.4 Å². The van der Waals surface area contributed by atoms with Crippen LogP contribution in [0.15, 0.2) is 36.5 Å². The summed E-state index contributed by atoms with van der Waals surface area (Å²) in [7, 11) is 1.42. The van der Waals surface area contributed by atoms with Crippen molar-refractivity contribution >= 4 is 28.8 Å². The molecule has 0 unspecified atom stereocenters. The summed E-state index contributed by atoms with van der Waals surface area (Å²) in [6.07, 6.45) is -3.81. The maximum absolute atomic E-state index is 15.1. The van der Waals surface area contributed by atoms with Gasteiger partial charge in [-0.1, -0.05) is 33.4 Å². The maximum atomic E-state index is 15.1. The van der Waals surface area contributed by atoms with Crippen LogP contribution in [0.25, 0.3) is 10.9 Å². The number of nitrogens with one attached hydrogen (secondary N) is 2. The van der Waals surface area contributed by atoms with E-state index in [0.29, 0.717) is 24.0 Å². The molecule has 1 saturated heterocycles. The highest BCUT2D eigenvalue weighted by molar-refractivity contribution is 6.09. The fourth-order valence-corrected chi connectivity index (χ4v) is 5.96. The first-order valence-corrected chi connectivity index (χ1v) is 16.3. The number of alkyl carbamates (subject to hydrolysis) is 1. The Bertz CT molecular complexity index is 1690. The lowest BCUT2D eigenvalue weighted by Gasteiger charge is -2.32. The van der Waals surface area contributed by atoms with E-state index in [2.05, 4.69) is 15.4 Å². The summed E-state index contributed by atoms with van der Waals surface area (Å²) >= 11 is 0. The minimum Gasteiger partial charge on any atom is -0.444 e. The summed E-state index contributed by atoms with van der Waals surface area (Å²) in [5.74, 6) is -3.57. The van der Waals surface area contributed by atoms with Crippen LogP contribution in [0.3, 0.4) is 0 Å². The molecule has 1 fully saturated rings. The summed E-state index contributed by atoms with van der Waals surface area (Å²) in [5.41, 5.74) is -0.0903. The zero-order valence-corrected chi connectivity index (χ0v) is 28.9. The summed E-state index contributed by atoms with van der Waals surface area (Å²) in [6, 6.07) is 5.32. The van der Waals surface area contributed by atoms with Crippen molar-refractivity contribution in [2.75, 3.05) is 26.8 Å². The number of nitrogens with zero attached hydrogens (tertiary/aromatic N) is 2. The maximum Gasteiger partial charge on any atom is 0.573 e. The van der Waals surface area contributed by atoms with E-state index < -0.39 is 53.3 Å². The normalized spacial score (nSPS) is 14.6. The molecule has 0 radical (unpaired) electrons. The third kappa shape index (κ3) is 10.6. The number of hydrogen-bond acceptors (Lipinski definition) is 6. The quantitative estimate of drug-likeness (QED) is 0.201. The molecular weight excluding hydrogens is 679 g/mol. The van der Waals surface area contributed by atoms with Crippen LogP contribution in [0, 0.1) is 17.6 Å². The van der Waals surface area contributed by atoms with Gasteiger partial charge in [0.25, 0.3) is 5.91 Å². The second-order valence-electron chi connectivity index (χ2n) is 13.6. The van der Waals surface area contributed by atoms with Gasteiger partial charge in [0.15, 0.2) is 0 Å². The first-order chi connectivity index (χ1) is 23.4. The predicted molar refractivity (Wildman–Crippen MR) is 181 cm³/mol. The number of hydrogen-bond donors (Lipinski definition) is 2. The van der Waals surface area contributed by atoms with E-state index in [1.807, 2.05) is 0 Å². The zero-order chi connectivity index (χ0) is 37.0. The smallest absolute Gasteiger partial charge is 0.444 e. The highest BCUT2D eigenvalue weighted by Gasteiger charge is 2.35. The molecule has 1 aliphatic heterocycles. The summed E-state index contributed by atoms with van der Waals surface area (Å²) in [6.45, 7) is 9.26. The molecule has 3 amide bonds. The van der Waals surface area contributed by atoms with E-state index in [4.69, 9.17) is 9.47 Å². The van der Waals surface area contributed by atoms with Crippen molar-refractivity contribution in [3.8, 4) is 5.75 Å². The molecule has 2 N–H and O–H groups in total. The highest BCUT2D eigenvalue weighted by Crippen LogP contribution is 2.38. The molecule has 10 nitrogen and oxygen atoms in total. The zero-order valence-electron chi connectivity index (χ0n) is 28.9. The second kappa shape index (κ2) is 16.7. The van der Waals surface area contributed by atoms with Gasteiger partial charge < -0.3 is 34.3 Å². The number of piperidine rings is 1. The Morgan fingerprint density at radius 2 is 1.65 bits per heavy atom. The number of fused-ring (bicyclic) bond motifs is 1. The van der Waals surface area contributed by atoms with Crippen molar-refractivity contribution in [1.29, 1.82) is 0 Å². The van der Waals surface area contributed by atoms with Gasteiger partial charge in [0.1, 0.15) is 29.0 Å². The number of amides is 3. The Morgan fingerprint density at radius 1 is 1.00 bits per heavy atom. The van der Waals surface area contributed by atoms with Gasteiger partial charge in [0.2, 0.25) is 5.91 Å². The Hall–Kier alpha value is -4.40. The van der Waals surface area contributed by atoms with Gasteiger partial charge >= 0.3 is 12.5 Å². The molecule has 3 aromatic rings. The molecule has 0 spiro atoms. The Morgan fingerprint density at radius 3 is 2.24 bits per heavy atom. The second-order valence-corrected chi connectivity index (χ2v) is 13.6. The van der Waals surface area contributed by atoms with Crippen LogP contribution in [0.5, 0.6) is 5.75 Å². The van der Waals surface area contributed by atoms with Gasteiger partial charge in [-0.05, 0) is 74.8 Å². The van der Waals surface area contributed by atoms with Crippen molar-refractivity contribution in [3.63, 3.8) is 0 Å². The Labute approximate surface area is 294 Å². The first-order valence-electron chi connectivity index (χ1n) is 16.3. The van der Waals surface area contributed by atoms with Crippen LogP contribution in [0.2, 0.25) is 0 Å². The lowest BCUT2D eigenvalue weighted by Crippen LogP contribution is -2.50. The molecule has 282 valence electrons. The van der Waals surface area contributed by atoms with Crippen LogP contribution < -0.4 is 15.4 Å². The van der Waals surface area contributed by atoms with E-state index in [-0.39, 0.29) is 68.5 Å². The van der Waals surface area contributed by atoms with Gasteiger partial charge in [-0.25, -0.2) is 13.6 Å². The summed E-state index contributed by atoms with van der Waals surface area (Å²) in [5, 5.41) is 5.08. The van der Waals surface area contributed by atoms with Gasteiger partial charge in [-0.15, -0.1) is 13.2 Å². The third-order valence-corrected chi connectivity index (χ3v) is 8.29. The minimum absolute atomic E-state index is 0. The number of rotatable bonds is 11. The number of benzene rings is 2. The number of carbonyl (C=O) groups excluding carboxylic acids is 3. The molecule has 1 aromatic heterocycles. The monoisotopic (exact) mass is 726 g/mol.